The van der Waals surface area contributed by atoms with Gasteiger partial charge in [-0.15, -0.1) is 35.3 Å². The summed E-state index contributed by atoms with van der Waals surface area (Å²) in [5, 5.41) is 6.17. The van der Waals surface area contributed by atoms with Crippen LogP contribution in [0.1, 0.15) is 48.7 Å². The summed E-state index contributed by atoms with van der Waals surface area (Å²) < 4.78 is 44.5. The van der Waals surface area contributed by atoms with Crippen molar-refractivity contribution in [2.75, 3.05) is 27.7 Å². The van der Waals surface area contributed by atoms with Gasteiger partial charge in [0, 0.05) is 38.5 Å². The van der Waals surface area contributed by atoms with E-state index in [1.807, 2.05) is 38.1 Å². The number of guanidine groups is 1. The van der Waals surface area contributed by atoms with Gasteiger partial charge in [-0.3, -0.25) is 4.99 Å². The summed E-state index contributed by atoms with van der Waals surface area (Å²) >= 11 is 1.55. The molecule has 5 nitrogen and oxygen atoms in total. The number of ether oxygens (including phenoxy) is 1. The number of methoxy groups -OCH3 is 1. The first-order valence-corrected chi connectivity index (χ1v) is 10.4. The molecule has 0 radical (unpaired) electrons. The number of alkyl halides is 3. The lowest BCUT2D eigenvalue weighted by molar-refractivity contribution is -0.137. The molecule has 31 heavy (non-hydrogen) atoms. The Morgan fingerprint density at radius 1 is 1.29 bits per heavy atom. The molecule has 0 fully saturated rings. The van der Waals surface area contributed by atoms with Crippen LogP contribution in [0.15, 0.2) is 34.6 Å². The molecule has 10 heteroatoms. The van der Waals surface area contributed by atoms with Gasteiger partial charge in [0.15, 0.2) is 5.96 Å². The lowest BCUT2D eigenvalue weighted by Gasteiger charge is -2.29. The number of halogens is 4. The van der Waals surface area contributed by atoms with Crippen molar-refractivity contribution in [2.24, 2.45) is 4.99 Å². The van der Waals surface area contributed by atoms with Crippen LogP contribution in [0.25, 0.3) is 0 Å². The van der Waals surface area contributed by atoms with E-state index in [0.29, 0.717) is 24.6 Å². The standard InChI is InChI=1S/C21H29F3N4OS.HI/c1-14(29-6)18-27-17(12-30-18)11-28(5)19(25-4)26-13-20(2,3)15-8-7-9-16(10-15)21(22,23)24;/h7-10,12,14H,11,13H2,1-6H3,(H,25,26);1H. The van der Waals surface area contributed by atoms with Crippen molar-refractivity contribution in [3.05, 3.63) is 51.5 Å². The number of hydrogen-bond acceptors (Lipinski definition) is 4. The molecule has 1 aromatic heterocycles. The van der Waals surface area contributed by atoms with Gasteiger partial charge in [-0.1, -0.05) is 32.0 Å². The van der Waals surface area contributed by atoms with Crippen molar-refractivity contribution < 1.29 is 17.9 Å². The van der Waals surface area contributed by atoms with E-state index in [1.165, 1.54) is 12.1 Å². The van der Waals surface area contributed by atoms with Crippen LogP contribution in [-0.2, 0) is 22.9 Å². The van der Waals surface area contributed by atoms with E-state index in [2.05, 4.69) is 15.3 Å². The molecule has 0 aliphatic rings. The molecule has 0 saturated heterocycles. The first kappa shape index (κ1) is 27.6. The van der Waals surface area contributed by atoms with Gasteiger partial charge in [0.2, 0.25) is 0 Å². The Morgan fingerprint density at radius 2 is 1.94 bits per heavy atom. The molecule has 0 aliphatic carbocycles. The minimum absolute atomic E-state index is 0. The number of rotatable bonds is 7. The zero-order chi connectivity index (χ0) is 22.5. The number of aliphatic imine (C=N–C) groups is 1. The highest BCUT2D eigenvalue weighted by Crippen LogP contribution is 2.32. The van der Waals surface area contributed by atoms with Crippen LogP contribution < -0.4 is 5.32 Å². The van der Waals surface area contributed by atoms with E-state index >= 15 is 0 Å². The normalized spacial score (nSPS) is 13.5. The Hall–Kier alpha value is -1.40. The molecule has 0 saturated carbocycles. The first-order chi connectivity index (χ1) is 14.0. The quantitative estimate of drug-likeness (QED) is 0.273. The van der Waals surface area contributed by atoms with E-state index in [1.54, 1.807) is 31.6 Å². The number of thiazole rings is 1. The molecule has 2 aromatic rings. The van der Waals surface area contributed by atoms with Crippen LogP contribution in [0.3, 0.4) is 0 Å². The molecular weight excluding hydrogens is 540 g/mol. The third kappa shape index (κ3) is 7.60. The van der Waals surface area contributed by atoms with Gasteiger partial charge in [0.05, 0.1) is 17.8 Å². The van der Waals surface area contributed by atoms with Crippen molar-refractivity contribution >= 4 is 41.3 Å². The molecule has 0 aliphatic heterocycles. The van der Waals surface area contributed by atoms with Crippen LogP contribution in [0.4, 0.5) is 13.2 Å². The van der Waals surface area contributed by atoms with Crippen LogP contribution in [0, 0.1) is 0 Å². The van der Waals surface area contributed by atoms with E-state index < -0.39 is 17.2 Å². The summed E-state index contributed by atoms with van der Waals surface area (Å²) in [6, 6.07) is 5.47. The number of hydrogen-bond donors (Lipinski definition) is 1. The maximum atomic E-state index is 13.1. The second kappa shape index (κ2) is 11.5. The van der Waals surface area contributed by atoms with Crippen LogP contribution in [0.5, 0.6) is 0 Å². The fraction of sp³-hybridized carbons (Fsp3) is 0.524. The van der Waals surface area contributed by atoms with Crippen molar-refractivity contribution in [2.45, 2.75) is 45.0 Å². The zero-order valence-electron chi connectivity index (χ0n) is 18.6. The topological polar surface area (TPSA) is 49.8 Å². The number of nitrogens with one attached hydrogen (secondary N) is 1. The SMILES string of the molecule is CN=C(NCC(C)(C)c1cccc(C(F)(F)F)c1)N(C)Cc1csc(C(C)OC)n1.I. The van der Waals surface area contributed by atoms with Gasteiger partial charge < -0.3 is 15.0 Å². The minimum Gasteiger partial charge on any atom is -0.375 e. The lowest BCUT2D eigenvalue weighted by Crippen LogP contribution is -2.44. The van der Waals surface area contributed by atoms with E-state index in [9.17, 15) is 13.2 Å². The Labute approximate surface area is 203 Å². The predicted molar refractivity (Wildman–Crippen MR) is 130 cm³/mol. The maximum absolute atomic E-state index is 13.1. The summed E-state index contributed by atoms with van der Waals surface area (Å²) in [5.41, 5.74) is 0.348. The Kier molecular flexibility index (Phi) is 10.2. The third-order valence-electron chi connectivity index (χ3n) is 4.90. The van der Waals surface area contributed by atoms with Gasteiger partial charge in [0.1, 0.15) is 11.1 Å². The number of nitrogens with zero attached hydrogens (tertiary/aromatic N) is 3. The molecule has 2 rings (SSSR count). The Bertz CT molecular complexity index is 870. The molecule has 1 N–H and O–H groups in total. The van der Waals surface area contributed by atoms with Crippen molar-refractivity contribution in [3.63, 3.8) is 0 Å². The second-order valence-corrected chi connectivity index (χ2v) is 8.66. The van der Waals surface area contributed by atoms with E-state index in [-0.39, 0.29) is 30.1 Å². The van der Waals surface area contributed by atoms with Crippen molar-refractivity contribution in [3.8, 4) is 0 Å². The largest absolute Gasteiger partial charge is 0.416 e. The summed E-state index contributed by atoms with van der Waals surface area (Å²) in [6.07, 6.45) is -4.41. The van der Waals surface area contributed by atoms with Gasteiger partial charge in [-0.05, 0) is 18.6 Å². The summed E-state index contributed by atoms with van der Waals surface area (Å²) in [6.45, 7) is 6.73. The average Bonchev–Trinajstić information content (AvgIpc) is 3.15. The molecule has 1 heterocycles. The molecule has 1 aromatic carbocycles. The Morgan fingerprint density at radius 3 is 2.52 bits per heavy atom. The monoisotopic (exact) mass is 570 g/mol. The summed E-state index contributed by atoms with van der Waals surface area (Å²) in [4.78, 5) is 10.8. The number of aromatic nitrogens is 1. The van der Waals surface area contributed by atoms with E-state index in [0.717, 1.165) is 16.8 Å². The molecule has 1 unspecified atom stereocenters. The molecule has 1 atom stereocenters. The highest BCUT2D eigenvalue weighted by Gasteiger charge is 2.32. The van der Waals surface area contributed by atoms with Gasteiger partial charge in [-0.2, -0.15) is 13.2 Å². The van der Waals surface area contributed by atoms with Gasteiger partial charge in [-0.25, -0.2) is 4.98 Å². The second-order valence-electron chi connectivity index (χ2n) is 7.77. The van der Waals surface area contributed by atoms with E-state index in [4.69, 9.17) is 4.74 Å². The average molecular weight is 570 g/mol. The lowest BCUT2D eigenvalue weighted by atomic mass is 9.84. The van der Waals surface area contributed by atoms with Gasteiger partial charge in [0.25, 0.3) is 0 Å². The fourth-order valence-electron chi connectivity index (χ4n) is 2.90. The maximum Gasteiger partial charge on any atom is 0.416 e. The first-order valence-electron chi connectivity index (χ1n) is 9.54. The number of benzene rings is 1. The van der Waals surface area contributed by atoms with Crippen molar-refractivity contribution in [1.82, 2.24) is 15.2 Å². The van der Waals surface area contributed by atoms with Crippen LogP contribution in [0.2, 0.25) is 0 Å². The molecular formula is C21H30F3IN4OS. The molecule has 174 valence electrons. The van der Waals surface area contributed by atoms with Crippen molar-refractivity contribution in [1.29, 1.82) is 0 Å². The highest BCUT2D eigenvalue weighted by molar-refractivity contribution is 14.0. The smallest absolute Gasteiger partial charge is 0.375 e. The fourth-order valence-corrected chi connectivity index (χ4v) is 3.75. The highest BCUT2D eigenvalue weighted by atomic mass is 127. The molecule has 0 amide bonds. The Balaban J connectivity index is 0.00000480. The predicted octanol–water partition coefficient (Wildman–Crippen LogP) is 5.47. The summed E-state index contributed by atoms with van der Waals surface area (Å²) in [7, 11) is 5.22. The molecule has 0 spiro atoms. The third-order valence-corrected chi connectivity index (χ3v) is 5.96. The van der Waals surface area contributed by atoms with Crippen LogP contribution >= 0.6 is 35.3 Å². The van der Waals surface area contributed by atoms with Crippen LogP contribution in [-0.4, -0.2) is 43.6 Å². The zero-order valence-corrected chi connectivity index (χ0v) is 21.7. The molecule has 0 bridgehead atoms. The summed E-state index contributed by atoms with van der Waals surface area (Å²) in [5.74, 6) is 0.643. The van der Waals surface area contributed by atoms with Gasteiger partial charge >= 0.3 is 6.18 Å². The minimum atomic E-state index is -4.36.